The Bertz CT molecular complexity index is 514. The molecule has 0 aromatic rings. The molecule has 1 heterocycles. The summed E-state index contributed by atoms with van der Waals surface area (Å²) >= 11 is 0. The van der Waals surface area contributed by atoms with Crippen LogP contribution in [0.15, 0.2) is 23.5 Å². The normalized spacial score (nSPS) is 26.1. The molecule has 0 saturated carbocycles. The van der Waals surface area contributed by atoms with Crippen molar-refractivity contribution in [3.63, 3.8) is 0 Å². The Kier molecular flexibility index (Phi) is 8.39. The summed E-state index contributed by atoms with van der Waals surface area (Å²) in [7, 11) is 1.74. The number of hydrogen-bond acceptors (Lipinski definition) is 4. The summed E-state index contributed by atoms with van der Waals surface area (Å²) in [5.74, 6) is 1.68. The molecule has 0 radical (unpaired) electrons. The minimum Gasteiger partial charge on any atom is -0.497 e. The molecule has 27 heavy (non-hydrogen) atoms. The van der Waals surface area contributed by atoms with E-state index in [1.54, 1.807) is 7.11 Å². The van der Waals surface area contributed by atoms with Gasteiger partial charge < -0.3 is 19.9 Å². The first-order valence-corrected chi connectivity index (χ1v) is 10.7. The lowest BCUT2D eigenvalue weighted by molar-refractivity contribution is -0.00916. The van der Waals surface area contributed by atoms with E-state index in [1.165, 1.54) is 0 Å². The molecule has 156 valence electrons. The third kappa shape index (κ3) is 6.62. The van der Waals surface area contributed by atoms with Crippen molar-refractivity contribution in [1.29, 1.82) is 0 Å². The summed E-state index contributed by atoms with van der Waals surface area (Å²) in [5, 5.41) is 15.5. The van der Waals surface area contributed by atoms with Crippen molar-refractivity contribution in [2.24, 2.45) is 17.3 Å². The number of unbranched alkanes of at least 4 members (excludes halogenated alkanes) is 1. The van der Waals surface area contributed by atoms with E-state index in [0.29, 0.717) is 12.5 Å². The highest BCUT2D eigenvalue weighted by molar-refractivity contribution is 5.36. The van der Waals surface area contributed by atoms with Crippen LogP contribution < -0.4 is 5.32 Å². The second kappa shape index (κ2) is 10.1. The van der Waals surface area contributed by atoms with E-state index in [0.717, 1.165) is 69.6 Å². The second-order valence-electron chi connectivity index (χ2n) is 9.64. The van der Waals surface area contributed by atoms with Gasteiger partial charge in [-0.2, -0.15) is 0 Å². The molecular formula is C23H41NO3. The maximum atomic E-state index is 12.0. The smallest absolute Gasteiger partial charge is 0.103 e. The van der Waals surface area contributed by atoms with Gasteiger partial charge in [0.1, 0.15) is 5.76 Å². The van der Waals surface area contributed by atoms with Crippen LogP contribution in [0.2, 0.25) is 0 Å². The molecule has 1 aliphatic carbocycles. The summed E-state index contributed by atoms with van der Waals surface area (Å²) in [4.78, 5) is 0. The van der Waals surface area contributed by atoms with E-state index in [1.807, 2.05) is 0 Å². The predicted octanol–water partition coefficient (Wildman–Crippen LogP) is 4.45. The summed E-state index contributed by atoms with van der Waals surface area (Å²) in [6, 6.07) is 0. The zero-order valence-electron chi connectivity index (χ0n) is 18.1. The van der Waals surface area contributed by atoms with Crippen molar-refractivity contribution in [3.05, 3.63) is 23.5 Å². The van der Waals surface area contributed by atoms with Crippen molar-refractivity contribution in [3.8, 4) is 0 Å². The van der Waals surface area contributed by atoms with Gasteiger partial charge in [0.25, 0.3) is 0 Å². The fraction of sp³-hybridized carbons (Fsp3) is 0.826. The molecule has 0 bridgehead atoms. The van der Waals surface area contributed by atoms with Gasteiger partial charge in [0.15, 0.2) is 0 Å². The lowest BCUT2D eigenvalue weighted by Gasteiger charge is -2.42. The fourth-order valence-electron chi connectivity index (χ4n) is 4.11. The summed E-state index contributed by atoms with van der Waals surface area (Å²) in [6.45, 7) is 12.1. The van der Waals surface area contributed by atoms with Crippen LogP contribution >= 0.6 is 0 Å². The number of hydrogen-bond donors (Lipinski definition) is 2. The molecule has 2 rings (SSSR count). The first-order chi connectivity index (χ1) is 12.8. The largest absolute Gasteiger partial charge is 0.497 e. The molecule has 2 N–H and O–H groups in total. The van der Waals surface area contributed by atoms with Crippen LogP contribution in [0.25, 0.3) is 0 Å². The Labute approximate surface area is 166 Å². The number of rotatable bonds is 9. The second-order valence-corrected chi connectivity index (χ2v) is 9.64. The first kappa shape index (κ1) is 22.4. The third-order valence-corrected chi connectivity index (χ3v) is 5.67. The quantitative estimate of drug-likeness (QED) is 0.581. The Hall–Kier alpha value is -0.840. The van der Waals surface area contributed by atoms with E-state index in [9.17, 15) is 5.11 Å². The monoisotopic (exact) mass is 379 g/mol. The molecule has 0 spiro atoms. The van der Waals surface area contributed by atoms with Gasteiger partial charge in [-0.1, -0.05) is 39.8 Å². The third-order valence-electron chi connectivity index (χ3n) is 5.67. The maximum absolute atomic E-state index is 12.0. The highest BCUT2D eigenvalue weighted by atomic mass is 16.5. The lowest BCUT2D eigenvalue weighted by Crippen LogP contribution is -2.48. The van der Waals surface area contributed by atoms with Crippen LogP contribution in [0, 0.1) is 17.3 Å². The van der Waals surface area contributed by atoms with Gasteiger partial charge in [-0.15, -0.1) is 0 Å². The number of aliphatic hydroxyl groups is 1. The topological polar surface area (TPSA) is 50.7 Å². The van der Waals surface area contributed by atoms with Crippen LogP contribution in [-0.2, 0) is 9.47 Å². The van der Waals surface area contributed by atoms with E-state index in [2.05, 4.69) is 45.2 Å². The van der Waals surface area contributed by atoms with Gasteiger partial charge in [-0.3, -0.25) is 0 Å². The van der Waals surface area contributed by atoms with Crippen LogP contribution in [-0.4, -0.2) is 44.1 Å². The number of piperidine rings is 1. The van der Waals surface area contributed by atoms with Crippen LogP contribution in [0.4, 0.5) is 0 Å². The molecule has 2 aliphatic rings. The minimum absolute atomic E-state index is 0.103. The zero-order valence-corrected chi connectivity index (χ0v) is 18.1. The Morgan fingerprint density at radius 1 is 1.26 bits per heavy atom. The van der Waals surface area contributed by atoms with Crippen LogP contribution in [0.3, 0.4) is 0 Å². The standard InChI is InChI=1S/C23H41NO3/c1-18-10-11-20(21(15-18)27-17-22(2,3)4)23(25,12-6-7-14-26-5)19-9-8-13-24-16-19/h10-11,18-19,24-25H,6-9,12-17H2,1-5H3/t18?,19-,23+/m1/s1. The molecular weight excluding hydrogens is 338 g/mol. The van der Waals surface area contributed by atoms with E-state index in [4.69, 9.17) is 9.47 Å². The number of ether oxygens (including phenoxy) is 2. The van der Waals surface area contributed by atoms with E-state index >= 15 is 0 Å². The van der Waals surface area contributed by atoms with Crippen molar-refractivity contribution >= 4 is 0 Å². The number of allylic oxidation sites excluding steroid dienone is 2. The maximum Gasteiger partial charge on any atom is 0.103 e. The van der Waals surface area contributed by atoms with Gasteiger partial charge in [-0.05, 0) is 50.0 Å². The van der Waals surface area contributed by atoms with Crippen LogP contribution in [0.1, 0.15) is 66.2 Å². The highest BCUT2D eigenvalue weighted by Crippen LogP contribution is 2.41. The summed E-state index contributed by atoms with van der Waals surface area (Å²) < 4.78 is 11.5. The molecule has 0 amide bonds. The highest BCUT2D eigenvalue weighted by Gasteiger charge is 2.42. The molecule has 1 aliphatic heterocycles. The zero-order chi connectivity index (χ0) is 19.9. The average Bonchev–Trinajstić information content (AvgIpc) is 2.63. The molecule has 1 saturated heterocycles. The number of nitrogens with one attached hydrogen (secondary N) is 1. The molecule has 1 unspecified atom stereocenters. The molecule has 4 nitrogen and oxygen atoms in total. The van der Waals surface area contributed by atoms with E-state index in [-0.39, 0.29) is 11.3 Å². The Morgan fingerprint density at radius 3 is 2.67 bits per heavy atom. The molecule has 4 heteroatoms. The van der Waals surface area contributed by atoms with Gasteiger partial charge in [0.2, 0.25) is 0 Å². The fourth-order valence-corrected chi connectivity index (χ4v) is 4.11. The van der Waals surface area contributed by atoms with Crippen molar-refractivity contribution < 1.29 is 14.6 Å². The molecule has 0 aromatic heterocycles. The molecule has 1 fully saturated rings. The summed E-state index contributed by atoms with van der Waals surface area (Å²) in [5.41, 5.74) is 0.298. The van der Waals surface area contributed by atoms with Gasteiger partial charge in [0, 0.05) is 38.2 Å². The van der Waals surface area contributed by atoms with E-state index < -0.39 is 5.60 Å². The minimum atomic E-state index is -0.828. The predicted molar refractivity (Wildman–Crippen MR) is 112 cm³/mol. The van der Waals surface area contributed by atoms with Gasteiger partial charge in [-0.25, -0.2) is 0 Å². The Balaban J connectivity index is 2.28. The van der Waals surface area contributed by atoms with Crippen molar-refractivity contribution in [2.45, 2.75) is 71.8 Å². The summed E-state index contributed by atoms with van der Waals surface area (Å²) in [6.07, 6.45) is 10.1. The average molecular weight is 380 g/mol. The number of methoxy groups -OCH3 is 1. The lowest BCUT2D eigenvalue weighted by atomic mass is 9.72. The Morgan fingerprint density at radius 2 is 2.04 bits per heavy atom. The molecule has 3 atom stereocenters. The SMILES string of the molecule is COCCCC[C@@](O)(C1=C(OCC(C)(C)C)CC(C)C=C1)[C@@H]1CCCNC1. The van der Waals surface area contributed by atoms with Crippen LogP contribution in [0.5, 0.6) is 0 Å². The molecule has 0 aromatic carbocycles. The van der Waals surface area contributed by atoms with Gasteiger partial charge in [0.05, 0.1) is 12.2 Å². The van der Waals surface area contributed by atoms with Crippen molar-refractivity contribution in [2.75, 3.05) is 33.4 Å². The van der Waals surface area contributed by atoms with Gasteiger partial charge >= 0.3 is 0 Å². The van der Waals surface area contributed by atoms with Crippen molar-refractivity contribution in [1.82, 2.24) is 5.32 Å². The first-order valence-electron chi connectivity index (χ1n) is 10.7.